The lowest BCUT2D eigenvalue weighted by Crippen LogP contribution is -2.20. The monoisotopic (exact) mass is 192 g/mol. The Kier molecular flexibility index (Phi) is 2.99. The van der Waals surface area contributed by atoms with Crippen LogP contribution in [0.5, 0.6) is 0 Å². The summed E-state index contributed by atoms with van der Waals surface area (Å²) in [6, 6.07) is 5.68. The van der Waals surface area contributed by atoms with Crippen LogP contribution < -0.4 is 17.3 Å². The summed E-state index contributed by atoms with van der Waals surface area (Å²) in [5, 5.41) is 1.41. The van der Waals surface area contributed by atoms with Gasteiger partial charge >= 0.3 is 0 Å². The maximum Gasteiger partial charge on any atom is 0.0564 e. The molecule has 0 saturated heterocycles. The number of hydrogen-bond donors (Lipinski definition) is 3. The van der Waals surface area contributed by atoms with Crippen molar-refractivity contribution in [3.05, 3.63) is 35.5 Å². The Balaban J connectivity index is 3.07. The lowest BCUT2D eigenvalue weighted by molar-refractivity contribution is 0.486. The van der Waals surface area contributed by atoms with Gasteiger partial charge < -0.3 is 16.5 Å². The maximum absolute atomic E-state index is 5.82. The van der Waals surface area contributed by atoms with Gasteiger partial charge in [0, 0.05) is 24.5 Å². The van der Waals surface area contributed by atoms with Crippen molar-refractivity contribution >= 4 is 11.4 Å². The predicted molar refractivity (Wildman–Crippen MR) is 59.7 cm³/mol. The number of aryl methyl sites for hydroxylation is 1. The number of rotatable bonds is 2. The van der Waals surface area contributed by atoms with E-state index in [2.05, 4.69) is 0 Å². The second-order valence-corrected chi connectivity index (χ2v) is 3.38. The van der Waals surface area contributed by atoms with Crippen LogP contribution in [0.25, 0.3) is 5.70 Å². The molecule has 4 nitrogen and oxygen atoms in total. The van der Waals surface area contributed by atoms with Crippen molar-refractivity contribution < 1.29 is 0 Å². The van der Waals surface area contributed by atoms with E-state index in [4.69, 9.17) is 17.3 Å². The highest BCUT2D eigenvalue weighted by Gasteiger charge is 1.99. The van der Waals surface area contributed by atoms with Gasteiger partial charge in [0.2, 0.25) is 0 Å². The molecule has 0 unspecified atom stereocenters. The van der Waals surface area contributed by atoms with Crippen LogP contribution in [0.2, 0.25) is 0 Å². The second-order valence-electron chi connectivity index (χ2n) is 3.38. The Morgan fingerprint density at radius 1 is 1.36 bits per heavy atom. The number of anilines is 1. The molecule has 0 amide bonds. The highest BCUT2D eigenvalue weighted by Crippen LogP contribution is 2.15. The molecule has 14 heavy (non-hydrogen) atoms. The third kappa shape index (κ3) is 2.67. The molecule has 0 bridgehead atoms. The summed E-state index contributed by atoms with van der Waals surface area (Å²) < 4.78 is 0. The second kappa shape index (κ2) is 4.02. The van der Waals surface area contributed by atoms with Crippen molar-refractivity contribution in [1.82, 2.24) is 5.01 Å². The smallest absolute Gasteiger partial charge is 0.0564 e. The summed E-state index contributed by atoms with van der Waals surface area (Å²) in [5.74, 6) is 5.45. The summed E-state index contributed by atoms with van der Waals surface area (Å²) in [7, 11) is 1.71. The molecule has 0 saturated carbocycles. The zero-order valence-corrected chi connectivity index (χ0v) is 8.49. The molecule has 1 aromatic carbocycles. The van der Waals surface area contributed by atoms with Gasteiger partial charge in [-0.15, -0.1) is 0 Å². The average Bonchev–Trinajstić information content (AvgIpc) is 2.00. The first-order chi connectivity index (χ1) is 6.49. The number of nitrogens with two attached hydrogens (primary N) is 3. The van der Waals surface area contributed by atoms with Crippen LogP contribution >= 0.6 is 0 Å². The number of nitrogens with zero attached hydrogens (tertiary/aromatic N) is 1. The summed E-state index contributed by atoms with van der Waals surface area (Å²) >= 11 is 0. The maximum atomic E-state index is 5.82. The summed E-state index contributed by atoms with van der Waals surface area (Å²) in [6.45, 7) is 1.97. The molecule has 76 valence electrons. The minimum atomic E-state index is 0.602. The molecule has 0 aliphatic rings. The molecule has 0 radical (unpaired) electrons. The number of hydrazine groups is 1. The van der Waals surface area contributed by atoms with E-state index >= 15 is 0 Å². The van der Waals surface area contributed by atoms with Crippen molar-refractivity contribution in [1.29, 1.82) is 0 Å². The molecule has 4 heteroatoms. The molecule has 0 aromatic heterocycles. The van der Waals surface area contributed by atoms with Gasteiger partial charge in [0.05, 0.1) is 5.70 Å². The Morgan fingerprint density at radius 3 is 2.50 bits per heavy atom. The largest absolute Gasteiger partial charge is 0.399 e. The van der Waals surface area contributed by atoms with Crippen LogP contribution in [0.3, 0.4) is 0 Å². The van der Waals surface area contributed by atoms with E-state index in [1.165, 1.54) is 5.01 Å². The van der Waals surface area contributed by atoms with Crippen LogP contribution in [0.1, 0.15) is 11.1 Å². The first kappa shape index (κ1) is 10.4. The van der Waals surface area contributed by atoms with E-state index in [-0.39, 0.29) is 0 Å². The average molecular weight is 192 g/mol. The Hall–Kier alpha value is -1.68. The number of nitrogen functional groups attached to an aromatic ring is 1. The van der Waals surface area contributed by atoms with Gasteiger partial charge in [-0.2, -0.15) is 0 Å². The summed E-state index contributed by atoms with van der Waals surface area (Å²) in [5.41, 5.74) is 14.8. The van der Waals surface area contributed by atoms with Gasteiger partial charge in [-0.3, -0.25) is 0 Å². The molecule has 0 aliphatic carbocycles. The Labute approximate surface area is 84.0 Å². The first-order valence-electron chi connectivity index (χ1n) is 4.31. The lowest BCUT2D eigenvalue weighted by atomic mass is 10.1. The topological polar surface area (TPSA) is 81.3 Å². The normalized spacial score (nSPS) is 11.5. The highest BCUT2D eigenvalue weighted by molar-refractivity contribution is 5.66. The molecule has 0 spiro atoms. The molecule has 0 heterocycles. The van der Waals surface area contributed by atoms with Gasteiger partial charge in [-0.05, 0) is 30.7 Å². The van der Waals surface area contributed by atoms with Gasteiger partial charge in [-0.25, -0.2) is 5.84 Å². The fourth-order valence-corrected chi connectivity index (χ4v) is 1.27. The molecule has 1 rings (SSSR count). The van der Waals surface area contributed by atoms with Crippen molar-refractivity contribution in [2.24, 2.45) is 11.6 Å². The standard InChI is InChI=1S/C10H16N4/c1-7-3-8(5-9(11)4-7)10(12)6-14(2)13/h3-6H,11-13H2,1-2H3/b10-6-. The minimum absolute atomic E-state index is 0.602. The summed E-state index contributed by atoms with van der Waals surface area (Å²) in [4.78, 5) is 0. The van der Waals surface area contributed by atoms with Crippen molar-refractivity contribution in [2.75, 3.05) is 12.8 Å². The van der Waals surface area contributed by atoms with Gasteiger partial charge in [0.1, 0.15) is 0 Å². The first-order valence-corrected chi connectivity index (χ1v) is 4.31. The van der Waals surface area contributed by atoms with E-state index in [1.54, 1.807) is 13.2 Å². The van der Waals surface area contributed by atoms with Gasteiger partial charge in [0.25, 0.3) is 0 Å². The SMILES string of the molecule is Cc1cc(N)cc(/C(N)=C/N(C)N)c1. The number of benzene rings is 1. The van der Waals surface area contributed by atoms with Crippen LogP contribution in [0, 0.1) is 6.92 Å². The Bertz CT molecular complexity index is 335. The molecule has 6 N–H and O–H groups in total. The van der Waals surface area contributed by atoms with E-state index in [1.807, 2.05) is 25.1 Å². The van der Waals surface area contributed by atoms with Crippen molar-refractivity contribution in [3.8, 4) is 0 Å². The summed E-state index contributed by atoms with van der Waals surface area (Å²) in [6.07, 6.45) is 1.65. The van der Waals surface area contributed by atoms with Crippen LogP contribution in [0.4, 0.5) is 5.69 Å². The predicted octanol–water partition coefficient (Wildman–Crippen LogP) is 0.640. The zero-order chi connectivity index (χ0) is 10.7. The lowest BCUT2D eigenvalue weighted by Gasteiger charge is -2.09. The molecule has 0 atom stereocenters. The van der Waals surface area contributed by atoms with Crippen LogP contribution in [0.15, 0.2) is 24.4 Å². The van der Waals surface area contributed by atoms with Gasteiger partial charge in [0.15, 0.2) is 0 Å². The third-order valence-electron chi connectivity index (χ3n) is 1.78. The third-order valence-corrected chi connectivity index (χ3v) is 1.78. The van der Waals surface area contributed by atoms with Crippen molar-refractivity contribution in [3.63, 3.8) is 0 Å². The fraction of sp³-hybridized carbons (Fsp3) is 0.200. The molecule has 0 fully saturated rings. The zero-order valence-electron chi connectivity index (χ0n) is 8.49. The van der Waals surface area contributed by atoms with Crippen molar-refractivity contribution in [2.45, 2.75) is 6.92 Å². The fourth-order valence-electron chi connectivity index (χ4n) is 1.27. The van der Waals surface area contributed by atoms with E-state index in [0.29, 0.717) is 11.4 Å². The highest BCUT2D eigenvalue weighted by atomic mass is 15.4. The molecular formula is C10H16N4. The van der Waals surface area contributed by atoms with E-state index in [0.717, 1.165) is 11.1 Å². The van der Waals surface area contributed by atoms with Crippen LogP contribution in [-0.2, 0) is 0 Å². The number of hydrogen-bond acceptors (Lipinski definition) is 4. The van der Waals surface area contributed by atoms with Gasteiger partial charge in [-0.1, -0.05) is 0 Å². The Morgan fingerprint density at radius 2 is 2.00 bits per heavy atom. The minimum Gasteiger partial charge on any atom is -0.399 e. The molecule has 1 aromatic rings. The van der Waals surface area contributed by atoms with Crippen LogP contribution in [-0.4, -0.2) is 12.1 Å². The quantitative estimate of drug-likeness (QED) is 0.365. The molecular weight excluding hydrogens is 176 g/mol. The van der Waals surface area contributed by atoms with E-state index in [9.17, 15) is 0 Å². The van der Waals surface area contributed by atoms with E-state index < -0.39 is 0 Å². The molecule has 0 aliphatic heterocycles.